The molecule has 2 amide bonds. The van der Waals surface area contributed by atoms with Crippen LogP contribution in [0.25, 0.3) is 0 Å². The number of hydrogen-bond acceptors (Lipinski definition) is 4. The number of amides is 2. The number of nitrogens with one attached hydrogen (secondary N) is 1. The maximum absolute atomic E-state index is 12.9. The van der Waals surface area contributed by atoms with E-state index in [0.717, 1.165) is 23.4 Å². The number of fused-ring (bicyclic) bond motifs is 1. The van der Waals surface area contributed by atoms with Gasteiger partial charge in [-0.3, -0.25) is 14.9 Å². The van der Waals surface area contributed by atoms with E-state index in [1.165, 1.54) is 5.56 Å². The number of rotatable bonds is 8. The summed E-state index contributed by atoms with van der Waals surface area (Å²) in [6, 6.07) is 11.4. The van der Waals surface area contributed by atoms with E-state index >= 15 is 0 Å². The van der Waals surface area contributed by atoms with E-state index in [1.807, 2.05) is 46.7 Å². The van der Waals surface area contributed by atoms with Gasteiger partial charge in [-0.1, -0.05) is 51.1 Å². The Hall–Kier alpha value is -2.44. The molecular formula is C24H31N3O2S. The number of benzene rings is 1. The van der Waals surface area contributed by atoms with E-state index in [2.05, 4.69) is 32.2 Å². The standard InChI is InChI=1S/C24H31N3O2S/c1-24(2,3)16-18(26-20(23(25)29)15-19-8-6-14-30-19)10-11-22(28)27-13-12-17-7-4-5-9-21(17)27/h4-11,14,18,20,26H,12-13,15-16H2,1-3H3,(H2,25,29)/b11-10+/t18-,20+/m1/s1. The molecule has 0 saturated heterocycles. The minimum absolute atomic E-state index is 0.0242. The number of carbonyl (C=O) groups is 2. The molecule has 1 aliphatic heterocycles. The van der Waals surface area contributed by atoms with Crippen LogP contribution >= 0.6 is 11.3 Å². The second-order valence-electron chi connectivity index (χ2n) is 9.00. The lowest BCUT2D eigenvalue weighted by molar-refractivity contribution is -0.120. The maximum Gasteiger partial charge on any atom is 0.250 e. The summed E-state index contributed by atoms with van der Waals surface area (Å²) in [7, 11) is 0. The molecule has 6 heteroatoms. The molecule has 0 bridgehead atoms. The summed E-state index contributed by atoms with van der Waals surface area (Å²) in [5.41, 5.74) is 7.89. The van der Waals surface area contributed by atoms with E-state index < -0.39 is 6.04 Å². The SMILES string of the molecule is CC(C)(C)C[C@@H](/C=C/C(=O)N1CCc2ccccc21)N[C@@H](Cc1cccs1)C(N)=O. The Labute approximate surface area is 183 Å². The predicted octanol–water partition coefficient (Wildman–Crippen LogP) is 3.68. The van der Waals surface area contributed by atoms with Crippen molar-refractivity contribution in [2.45, 2.75) is 52.1 Å². The minimum Gasteiger partial charge on any atom is -0.368 e. The predicted molar refractivity (Wildman–Crippen MR) is 124 cm³/mol. The second kappa shape index (κ2) is 9.58. The first kappa shape index (κ1) is 22.2. The average molecular weight is 426 g/mol. The maximum atomic E-state index is 12.9. The van der Waals surface area contributed by atoms with Gasteiger partial charge in [0.05, 0.1) is 6.04 Å². The molecule has 5 nitrogen and oxygen atoms in total. The second-order valence-corrected chi connectivity index (χ2v) is 10.0. The molecule has 0 unspecified atom stereocenters. The molecule has 2 heterocycles. The number of primary amides is 1. The summed E-state index contributed by atoms with van der Waals surface area (Å²) >= 11 is 1.61. The normalized spacial score (nSPS) is 15.9. The number of thiophene rings is 1. The van der Waals surface area contributed by atoms with Gasteiger partial charge in [0.25, 0.3) is 5.91 Å². The molecule has 0 aliphatic carbocycles. The highest BCUT2D eigenvalue weighted by atomic mass is 32.1. The van der Waals surface area contributed by atoms with Crippen molar-refractivity contribution < 1.29 is 9.59 Å². The fourth-order valence-electron chi connectivity index (χ4n) is 3.83. The van der Waals surface area contributed by atoms with Crippen LogP contribution in [0.4, 0.5) is 5.69 Å². The van der Waals surface area contributed by atoms with Gasteiger partial charge in [-0.2, -0.15) is 0 Å². The zero-order valence-corrected chi connectivity index (χ0v) is 18.7. The molecule has 30 heavy (non-hydrogen) atoms. The van der Waals surface area contributed by atoms with Gasteiger partial charge in [0.15, 0.2) is 0 Å². The highest BCUT2D eigenvalue weighted by molar-refractivity contribution is 7.09. The van der Waals surface area contributed by atoms with Crippen molar-refractivity contribution in [2.24, 2.45) is 11.1 Å². The molecule has 2 atom stereocenters. The smallest absolute Gasteiger partial charge is 0.250 e. The topological polar surface area (TPSA) is 75.4 Å². The van der Waals surface area contributed by atoms with E-state index in [1.54, 1.807) is 17.4 Å². The monoisotopic (exact) mass is 425 g/mol. The zero-order chi connectivity index (χ0) is 21.7. The number of nitrogens with two attached hydrogens (primary N) is 1. The first-order valence-electron chi connectivity index (χ1n) is 10.4. The Bertz CT molecular complexity index is 899. The summed E-state index contributed by atoms with van der Waals surface area (Å²) in [5, 5.41) is 5.38. The van der Waals surface area contributed by atoms with Gasteiger partial charge in [0, 0.05) is 35.6 Å². The van der Waals surface area contributed by atoms with E-state index in [4.69, 9.17) is 5.73 Å². The van der Waals surface area contributed by atoms with Crippen LogP contribution < -0.4 is 16.0 Å². The fourth-order valence-corrected chi connectivity index (χ4v) is 4.58. The summed E-state index contributed by atoms with van der Waals surface area (Å²) in [5.74, 6) is -0.412. The van der Waals surface area contributed by atoms with E-state index in [9.17, 15) is 9.59 Å². The average Bonchev–Trinajstić information content (AvgIpc) is 3.33. The molecule has 160 valence electrons. The Morgan fingerprint density at radius 1 is 1.23 bits per heavy atom. The number of carbonyl (C=O) groups excluding carboxylic acids is 2. The molecule has 1 aromatic heterocycles. The van der Waals surface area contributed by atoms with Gasteiger partial charge < -0.3 is 10.6 Å². The Morgan fingerprint density at radius 2 is 2.00 bits per heavy atom. The van der Waals surface area contributed by atoms with Crippen molar-refractivity contribution in [1.82, 2.24) is 5.32 Å². The molecule has 0 saturated carbocycles. The molecule has 0 fully saturated rings. The van der Waals surface area contributed by atoms with Crippen molar-refractivity contribution in [3.05, 3.63) is 64.4 Å². The van der Waals surface area contributed by atoms with Crippen LogP contribution in [0.3, 0.4) is 0 Å². The largest absolute Gasteiger partial charge is 0.368 e. The van der Waals surface area contributed by atoms with E-state index in [0.29, 0.717) is 13.0 Å². The minimum atomic E-state index is -0.483. The number of nitrogens with zero attached hydrogens (tertiary/aromatic N) is 1. The first-order valence-corrected chi connectivity index (χ1v) is 11.3. The van der Waals surface area contributed by atoms with Gasteiger partial charge in [-0.15, -0.1) is 11.3 Å². The third kappa shape index (κ3) is 6.03. The molecule has 3 N–H and O–H groups in total. The van der Waals surface area contributed by atoms with E-state index in [-0.39, 0.29) is 23.3 Å². The van der Waals surface area contributed by atoms with Crippen molar-refractivity contribution in [3.63, 3.8) is 0 Å². The van der Waals surface area contributed by atoms with Gasteiger partial charge in [-0.25, -0.2) is 0 Å². The Balaban J connectivity index is 1.73. The van der Waals surface area contributed by atoms with Crippen molar-refractivity contribution >= 4 is 28.8 Å². The summed E-state index contributed by atoms with van der Waals surface area (Å²) < 4.78 is 0. The van der Waals surface area contributed by atoms with Crippen LogP contribution in [0.2, 0.25) is 0 Å². The van der Waals surface area contributed by atoms with Gasteiger partial charge in [0.2, 0.25) is 5.91 Å². The fraction of sp³-hybridized carbons (Fsp3) is 0.417. The molecule has 1 aliphatic rings. The molecule has 2 aromatic rings. The highest BCUT2D eigenvalue weighted by Gasteiger charge is 2.25. The van der Waals surface area contributed by atoms with Crippen molar-refractivity contribution in [1.29, 1.82) is 0 Å². The highest BCUT2D eigenvalue weighted by Crippen LogP contribution is 2.28. The first-order chi connectivity index (χ1) is 14.2. The van der Waals surface area contributed by atoms with Gasteiger partial charge >= 0.3 is 0 Å². The summed E-state index contributed by atoms with van der Waals surface area (Å²) in [6.45, 7) is 7.13. The molecule has 0 radical (unpaired) electrons. The number of hydrogen-bond donors (Lipinski definition) is 2. The van der Waals surface area contributed by atoms with Crippen LogP contribution in [0.15, 0.2) is 53.9 Å². The summed E-state index contributed by atoms with van der Waals surface area (Å²) in [4.78, 5) is 27.9. The van der Waals surface area contributed by atoms with Crippen molar-refractivity contribution in [3.8, 4) is 0 Å². The number of anilines is 1. The van der Waals surface area contributed by atoms with Crippen LogP contribution in [-0.2, 0) is 22.4 Å². The van der Waals surface area contributed by atoms with Crippen molar-refractivity contribution in [2.75, 3.05) is 11.4 Å². The van der Waals surface area contributed by atoms with Crippen LogP contribution in [0, 0.1) is 5.41 Å². The Morgan fingerprint density at radius 3 is 2.67 bits per heavy atom. The van der Waals surface area contributed by atoms with Crippen LogP contribution in [0.1, 0.15) is 37.6 Å². The van der Waals surface area contributed by atoms with Gasteiger partial charge in [0.1, 0.15) is 0 Å². The third-order valence-corrected chi connectivity index (χ3v) is 6.10. The van der Waals surface area contributed by atoms with Crippen LogP contribution in [-0.4, -0.2) is 30.4 Å². The lowest BCUT2D eigenvalue weighted by Crippen LogP contribution is -2.48. The lowest BCUT2D eigenvalue weighted by Gasteiger charge is -2.28. The molecule has 0 spiro atoms. The Kier molecular flexibility index (Phi) is 7.10. The zero-order valence-electron chi connectivity index (χ0n) is 17.9. The molecule has 3 rings (SSSR count). The van der Waals surface area contributed by atoms with Gasteiger partial charge in [-0.05, 0) is 41.3 Å². The lowest BCUT2D eigenvalue weighted by atomic mass is 9.87. The quantitative estimate of drug-likeness (QED) is 0.634. The molecule has 1 aromatic carbocycles. The van der Waals surface area contributed by atoms with Crippen LogP contribution in [0.5, 0.6) is 0 Å². The summed E-state index contributed by atoms with van der Waals surface area (Å²) in [6.07, 6.45) is 5.73. The third-order valence-electron chi connectivity index (χ3n) is 5.20. The molecular weight excluding hydrogens is 394 g/mol. The number of para-hydroxylation sites is 1.